The number of hydrogen-bond donors (Lipinski definition) is 0. The fourth-order valence-electron chi connectivity index (χ4n) is 7.16. The molecule has 0 aliphatic heterocycles. The lowest BCUT2D eigenvalue weighted by molar-refractivity contribution is 1.18. The molecule has 0 spiro atoms. The van der Waals surface area contributed by atoms with Crippen LogP contribution in [0.2, 0.25) is 0 Å². The topological polar surface area (TPSA) is 38.7 Å². The Labute approximate surface area is 299 Å². The molecule has 0 radical (unpaired) electrons. The van der Waals surface area contributed by atoms with E-state index in [1.165, 1.54) is 36.3 Å². The lowest BCUT2D eigenvalue weighted by Gasteiger charge is -2.12. The summed E-state index contributed by atoms with van der Waals surface area (Å²) in [5.41, 5.74) is 10.4. The monoisotopic (exact) mass is 667 g/mol. The zero-order chi connectivity index (χ0) is 33.7. The fourth-order valence-corrected chi connectivity index (χ4v) is 8.39. The predicted molar refractivity (Wildman–Crippen MR) is 215 cm³/mol. The van der Waals surface area contributed by atoms with E-state index in [-0.39, 0.29) is 0 Å². The van der Waals surface area contributed by atoms with E-state index in [2.05, 4.69) is 140 Å². The molecule has 3 heterocycles. The molecule has 0 bridgehead atoms. The van der Waals surface area contributed by atoms with Gasteiger partial charge in [-0.25, -0.2) is 15.0 Å². The lowest BCUT2D eigenvalue weighted by atomic mass is 9.97. The van der Waals surface area contributed by atoms with Crippen LogP contribution in [0.25, 0.3) is 98.1 Å². The van der Waals surface area contributed by atoms with Crippen LogP contribution in [0.15, 0.2) is 176 Å². The maximum absolute atomic E-state index is 5.45. The van der Waals surface area contributed by atoms with Crippen LogP contribution in [0.3, 0.4) is 0 Å². The van der Waals surface area contributed by atoms with Crippen molar-refractivity contribution in [3.63, 3.8) is 0 Å². The third-order valence-corrected chi connectivity index (χ3v) is 10.9. The largest absolute Gasteiger partial charge is 0.246 e. The van der Waals surface area contributed by atoms with Crippen LogP contribution in [0.4, 0.5) is 0 Å². The summed E-state index contributed by atoms with van der Waals surface area (Å²) in [7, 11) is 0. The Bertz CT molecular complexity index is 2840. The Morgan fingerprint density at radius 3 is 1.76 bits per heavy atom. The lowest BCUT2D eigenvalue weighted by Crippen LogP contribution is -1.95. The van der Waals surface area contributed by atoms with Gasteiger partial charge in [0.1, 0.15) is 0 Å². The van der Waals surface area contributed by atoms with Crippen LogP contribution >= 0.6 is 11.3 Å². The number of nitrogens with zero attached hydrogens (tertiary/aromatic N) is 3. The first-order chi connectivity index (χ1) is 25.3. The first-order valence-electron chi connectivity index (χ1n) is 17.1. The Morgan fingerprint density at radius 1 is 0.373 bits per heavy atom. The van der Waals surface area contributed by atoms with E-state index in [0.29, 0.717) is 5.82 Å². The van der Waals surface area contributed by atoms with Gasteiger partial charge in [0, 0.05) is 48.5 Å². The molecule has 3 nitrogen and oxygen atoms in total. The average Bonchev–Trinajstić information content (AvgIpc) is 3.61. The molecule has 0 aliphatic rings. The van der Waals surface area contributed by atoms with E-state index in [1.54, 1.807) is 0 Å². The second-order valence-corrected chi connectivity index (χ2v) is 13.9. The molecule has 0 saturated carbocycles. The van der Waals surface area contributed by atoms with Crippen molar-refractivity contribution in [2.75, 3.05) is 0 Å². The minimum Gasteiger partial charge on any atom is -0.246 e. The standard InChI is InChI=1S/C47H29N3S/c1-3-13-32(14-4-1)40-29-41(49-47(48-40)34-15-5-2-6-16-34)33-24-22-30(23-25-33)35-17-11-18-36(28-35)44-46-43(38-20-9-10-21-42(38)51-46)39-27-26-31-12-7-8-19-37(31)45(39)50-44/h1-29H. The number of rotatable bonds is 5. The average molecular weight is 668 g/mol. The van der Waals surface area contributed by atoms with E-state index < -0.39 is 0 Å². The smallest absolute Gasteiger partial charge is 0.160 e. The van der Waals surface area contributed by atoms with E-state index in [1.807, 2.05) is 47.7 Å². The van der Waals surface area contributed by atoms with Crippen LogP contribution in [-0.2, 0) is 0 Å². The van der Waals surface area contributed by atoms with E-state index >= 15 is 0 Å². The van der Waals surface area contributed by atoms with E-state index in [0.717, 1.165) is 56.0 Å². The van der Waals surface area contributed by atoms with Crippen molar-refractivity contribution in [1.29, 1.82) is 0 Å². The summed E-state index contributed by atoms with van der Waals surface area (Å²) >= 11 is 1.83. The number of benzene rings is 7. The van der Waals surface area contributed by atoms with Gasteiger partial charge in [0.05, 0.1) is 27.3 Å². The predicted octanol–water partition coefficient (Wildman–Crippen LogP) is 12.9. The number of hydrogen-bond acceptors (Lipinski definition) is 4. The number of pyridine rings is 1. The molecule has 0 unspecified atom stereocenters. The number of fused-ring (bicyclic) bond motifs is 7. The minimum atomic E-state index is 0.715. The SMILES string of the molecule is c1ccc(-c2cc(-c3ccc(-c4cccc(-c5nc6c7ccccc7ccc6c6c5sc5ccccc56)c4)cc3)nc(-c3ccccc3)n2)cc1. The Kier molecular flexibility index (Phi) is 7.00. The van der Waals surface area contributed by atoms with Gasteiger partial charge in [0.25, 0.3) is 0 Å². The van der Waals surface area contributed by atoms with Crippen molar-refractivity contribution in [3.05, 3.63) is 176 Å². The quantitative estimate of drug-likeness (QED) is 0.171. The second-order valence-electron chi connectivity index (χ2n) is 12.8. The van der Waals surface area contributed by atoms with Gasteiger partial charge in [-0.1, -0.05) is 158 Å². The van der Waals surface area contributed by atoms with E-state index in [4.69, 9.17) is 15.0 Å². The summed E-state index contributed by atoms with van der Waals surface area (Å²) < 4.78 is 2.50. The van der Waals surface area contributed by atoms with Crippen LogP contribution in [-0.4, -0.2) is 15.0 Å². The third-order valence-electron chi connectivity index (χ3n) is 9.68. The summed E-state index contributed by atoms with van der Waals surface area (Å²) in [6.07, 6.45) is 0. The molecule has 0 fully saturated rings. The first-order valence-corrected chi connectivity index (χ1v) is 17.9. The maximum atomic E-state index is 5.45. The molecule has 7 aromatic carbocycles. The van der Waals surface area contributed by atoms with Gasteiger partial charge >= 0.3 is 0 Å². The third kappa shape index (κ3) is 5.16. The molecule has 4 heteroatoms. The van der Waals surface area contributed by atoms with Crippen molar-refractivity contribution >= 4 is 53.2 Å². The highest BCUT2D eigenvalue weighted by atomic mass is 32.1. The maximum Gasteiger partial charge on any atom is 0.160 e. The molecule has 0 atom stereocenters. The molecule has 10 aromatic rings. The van der Waals surface area contributed by atoms with Gasteiger partial charge < -0.3 is 0 Å². The fraction of sp³-hybridized carbons (Fsp3) is 0. The van der Waals surface area contributed by atoms with E-state index in [9.17, 15) is 0 Å². The Balaban J connectivity index is 1.09. The molecule has 238 valence electrons. The van der Waals surface area contributed by atoms with Crippen molar-refractivity contribution in [2.24, 2.45) is 0 Å². The summed E-state index contributed by atoms with van der Waals surface area (Å²) in [4.78, 5) is 15.4. The van der Waals surface area contributed by atoms with Crippen molar-refractivity contribution in [3.8, 4) is 56.3 Å². The van der Waals surface area contributed by atoms with Gasteiger partial charge in [-0.2, -0.15) is 0 Å². The summed E-state index contributed by atoms with van der Waals surface area (Å²) in [6.45, 7) is 0. The zero-order valence-electron chi connectivity index (χ0n) is 27.5. The van der Waals surface area contributed by atoms with Gasteiger partial charge in [0.2, 0.25) is 0 Å². The molecule has 3 aromatic heterocycles. The van der Waals surface area contributed by atoms with Gasteiger partial charge in [0.15, 0.2) is 5.82 Å². The molecule has 0 aliphatic carbocycles. The van der Waals surface area contributed by atoms with Crippen LogP contribution in [0.5, 0.6) is 0 Å². The number of aromatic nitrogens is 3. The highest BCUT2D eigenvalue weighted by molar-refractivity contribution is 7.26. The van der Waals surface area contributed by atoms with Crippen molar-refractivity contribution in [1.82, 2.24) is 15.0 Å². The molecule has 10 rings (SSSR count). The van der Waals surface area contributed by atoms with Crippen LogP contribution in [0.1, 0.15) is 0 Å². The summed E-state index contributed by atoms with van der Waals surface area (Å²) in [5, 5.41) is 6.14. The molecule has 0 saturated heterocycles. The normalized spacial score (nSPS) is 11.5. The van der Waals surface area contributed by atoms with Crippen LogP contribution < -0.4 is 0 Å². The Morgan fingerprint density at radius 2 is 0.980 bits per heavy atom. The highest BCUT2D eigenvalue weighted by Crippen LogP contribution is 2.44. The van der Waals surface area contributed by atoms with Crippen molar-refractivity contribution < 1.29 is 0 Å². The van der Waals surface area contributed by atoms with Gasteiger partial charge in [-0.05, 0) is 34.7 Å². The summed E-state index contributed by atoms with van der Waals surface area (Å²) in [6, 6.07) is 61.9. The molecule has 0 amide bonds. The molecular weight excluding hydrogens is 639 g/mol. The zero-order valence-corrected chi connectivity index (χ0v) is 28.3. The first kappa shape index (κ1) is 29.4. The summed E-state index contributed by atoms with van der Waals surface area (Å²) in [5.74, 6) is 0.715. The molecular formula is C47H29N3S. The van der Waals surface area contributed by atoms with Gasteiger partial charge in [-0.15, -0.1) is 11.3 Å². The van der Waals surface area contributed by atoms with Gasteiger partial charge in [-0.3, -0.25) is 0 Å². The molecule has 51 heavy (non-hydrogen) atoms. The molecule has 0 N–H and O–H groups in total. The van der Waals surface area contributed by atoms with Crippen LogP contribution in [0, 0.1) is 0 Å². The van der Waals surface area contributed by atoms with Crippen molar-refractivity contribution in [2.45, 2.75) is 0 Å². The Hall–Kier alpha value is -6.49. The second kappa shape index (κ2) is 12.1. The highest BCUT2D eigenvalue weighted by Gasteiger charge is 2.18. The minimum absolute atomic E-state index is 0.715. The number of thiophene rings is 1.